The first-order valence-corrected chi connectivity index (χ1v) is 17.1. The number of nitrogens with zero attached hydrogens (tertiary/aromatic N) is 4. The van der Waals surface area contributed by atoms with Crippen LogP contribution in [0, 0.1) is 11.3 Å². The summed E-state index contributed by atoms with van der Waals surface area (Å²) in [5.74, 6) is 0.876. The molecule has 1 spiro atoms. The summed E-state index contributed by atoms with van der Waals surface area (Å²) in [6.07, 6.45) is 3.79. The van der Waals surface area contributed by atoms with E-state index >= 15 is 0 Å². The zero-order chi connectivity index (χ0) is 29.3. The molecule has 4 aliphatic rings. The van der Waals surface area contributed by atoms with Crippen LogP contribution in [0.4, 0.5) is 4.79 Å². The highest BCUT2D eigenvalue weighted by Gasteiger charge is 2.48. The molecule has 4 fully saturated rings. The SMILES string of the molecule is CS(=O)(=O)c1ccc(CN2CCC3(CCN(C[C@H]4CN(C(=O)N5CCOCC5)CC4c4ccccc4)CC3)C2=O)cc1. The molecule has 4 saturated heterocycles. The van der Waals surface area contributed by atoms with Crippen LogP contribution in [0.3, 0.4) is 0 Å². The zero-order valence-corrected chi connectivity index (χ0v) is 25.3. The van der Waals surface area contributed by atoms with Crippen LogP contribution in [0.1, 0.15) is 36.3 Å². The molecule has 0 aliphatic carbocycles. The number of likely N-dealkylation sites (tertiary alicyclic amines) is 3. The normalized spacial score (nSPS) is 25.0. The fraction of sp³-hybridized carbons (Fsp3) is 0.562. The third-order valence-corrected chi connectivity index (χ3v) is 11.0. The van der Waals surface area contributed by atoms with Gasteiger partial charge in [-0.3, -0.25) is 4.79 Å². The zero-order valence-electron chi connectivity index (χ0n) is 24.5. The second-order valence-corrected chi connectivity index (χ2v) is 14.6. The number of rotatable bonds is 6. The number of ether oxygens (including phenoxy) is 1. The van der Waals surface area contributed by atoms with Gasteiger partial charge in [-0.05, 0) is 61.5 Å². The van der Waals surface area contributed by atoms with Crippen LogP contribution in [0.5, 0.6) is 0 Å². The molecule has 2 aromatic carbocycles. The lowest BCUT2D eigenvalue weighted by Crippen LogP contribution is -2.48. The van der Waals surface area contributed by atoms with Gasteiger partial charge in [0, 0.05) is 58.0 Å². The second kappa shape index (κ2) is 12.0. The summed E-state index contributed by atoms with van der Waals surface area (Å²) in [6.45, 7) is 7.96. The summed E-state index contributed by atoms with van der Waals surface area (Å²) < 4.78 is 29.0. The minimum absolute atomic E-state index is 0.127. The average Bonchev–Trinajstić information content (AvgIpc) is 3.56. The lowest BCUT2D eigenvalue weighted by molar-refractivity contribution is -0.139. The maximum atomic E-state index is 13.6. The predicted octanol–water partition coefficient (Wildman–Crippen LogP) is 3.07. The molecule has 0 radical (unpaired) electrons. The van der Waals surface area contributed by atoms with Gasteiger partial charge in [0.15, 0.2) is 9.84 Å². The van der Waals surface area contributed by atoms with E-state index in [4.69, 9.17) is 4.74 Å². The standard InChI is InChI=1S/C32H42N4O5S/c1-42(39,40)28-9-7-25(8-10-28)21-35-16-13-32(30(35)37)11-14-33(15-12-32)22-27-23-36(31(38)34-17-19-41-20-18-34)24-29(27)26-5-3-2-4-6-26/h2-10,27,29H,11-24H2,1H3/t27-,29?/m0/s1. The van der Waals surface area contributed by atoms with Crippen molar-refractivity contribution in [2.45, 2.75) is 36.6 Å². The van der Waals surface area contributed by atoms with Crippen LogP contribution in [0.15, 0.2) is 59.5 Å². The number of morpholine rings is 1. The Kier molecular flexibility index (Phi) is 8.31. The van der Waals surface area contributed by atoms with Gasteiger partial charge in [-0.1, -0.05) is 42.5 Å². The summed E-state index contributed by atoms with van der Waals surface area (Å²) in [5.41, 5.74) is 1.95. The molecule has 226 valence electrons. The number of sulfone groups is 1. The molecule has 9 nitrogen and oxygen atoms in total. The van der Waals surface area contributed by atoms with Gasteiger partial charge in [-0.25, -0.2) is 13.2 Å². The number of piperidine rings is 1. The minimum atomic E-state index is -3.24. The van der Waals surface area contributed by atoms with Crippen LogP contribution < -0.4 is 0 Å². The van der Waals surface area contributed by atoms with Crippen molar-refractivity contribution in [3.63, 3.8) is 0 Å². The van der Waals surface area contributed by atoms with E-state index in [-0.39, 0.29) is 17.4 Å². The molecule has 0 N–H and O–H groups in total. The van der Waals surface area contributed by atoms with Gasteiger partial charge in [0.1, 0.15) is 0 Å². The Labute approximate surface area is 249 Å². The van der Waals surface area contributed by atoms with Gasteiger partial charge < -0.3 is 24.3 Å². The number of urea groups is 1. The molecule has 42 heavy (non-hydrogen) atoms. The average molecular weight is 595 g/mol. The Morgan fingerprint density at radius 2 is 1.55 bits per heavy atom. The summed E-state index contributed by atoms with van der Waals surface area (Å²) >= 11 is 0. The molecule has 0 bridgehead atoms. The van der Waals surface area contributed by atoms with Crippen LogP contribution >= 0.6 is 0 Å². The quantitative estimate of drug-likeness (QED) is 0.511. The van der Waals surface area contributed by atoms with E-state index < -0.39 is 9.84 Å². The first kappa shape index (κ1) is 29.1. The maximum Gasteiger partial charge on any atom is 0.320 e. The van der Waals surface area contributed by atoms with Crippen LogP contribution in [0.25, 0.3) is 0 Å². The van der Waals surface area contributed by atoms with Gasteiger partial charge >= 0.3 is 6.03 Å². The van der Waals surface area contributed by atoms with Crippen molar-refractivity contribution < 1.29 is 22.7 Å². The van der Waals surface area contributed by atoms with E-state index in [0.717, 1.165) is 64.1 Å². The summed E-state index contributed by atoms with van der Waals surface area (Å²) in [6, 6.07) is 17.6. The van der Waals surface area contributed by atoms with Crippen LogP contribution in [0.2, 0.25) is 0 Å². The van der Waals surface area contributed by atoms with Gasteiger partial charge in [0.25, 0.3) is 0 Å². The number of carbonyl (C=O) groups excluding carboxylic acids is 2. The van der Waals surface area contributed by atoms with Gasteiger partial charge in [-0.2, -0.15) is 0 Å². The smallest absolute Gasteiger partial charge is 0.320 e. The second-order valence-electron chi connectivity index (χ2n) is 12.5. The fourth-order valence-corrected chi connectivity index (χ4v) is 7.94. The monoisotopic (exact) mass is 594 g/mol. The Morgan fingerprint density at radius 3 is 2.21 bits per heavy atom. The van der Waals surface area contributed by atoms with Crippen molar-refractivity contribution in [2.24, 2.45) is 11.3 Å². The van der Waals surface area contributed by atoms with E-state index in [9.17, 15) is 18.0 Å². The van der Waals surface area contributed by atoms with E-state index in [0.29, 0.717) is 49.6 Å². The molecule has 3 amide bonds. The summed E-state index contributed by atoms with van der Waals surface area (Å²) in [5, 5.41) is 0. The first-order chi connectivity index (χ1) is 20.2. The molecule has 1 unspecified atom stereocenters. The Morgan fingerprint density at radius 1 is 0.881 bits per heavy atom. The first-order valence-electron chi connectivity index (χ1n) is 15.2. The van der Waals surface area contributed by atoms with Crippen LogP contribution in [-0.2, 0) is 25.9 Å². The van der Waals surface area contributed by atoms with Crippen molar-refractivity contribution in [3.8, 4) is 0 Å². The molecular weight excluding hydrogens is 552 g/mol. The Balaban J connectivity index is 1.07. The number of amides is 3. The van der Waals surface area contributed by atoms with Crippen molar-refractivity contribution in [1.82, 2.24) is 19.6 Å². The van der Waals surface area contributed by atoms with Crippen molar-refractivity contribution in [1.29, 1.82) is 0 Å². The third-order valence-electron chi connectivity index (χ3n) is 9.85. The lowest BCUT2D eigenvalue weighted by atomic mass is 9.76. The number of hydrogen-bond donors (Lipinski definition) is 0. The molecule has 2 aromatic rings. The molecular formula is C32H42N4O5S. The van der Waals surface area contributed by atoms with E-state index in [1.807, 2.05) is 32.9 Å². The summed E-state index contributed by atoms with van der Waals surface area (Å²) in [7, 11) is -3.24. The highest BCUT2D eigenvalue weighted by atomic mass is 32.2. The third kappa shape index (κ3) is 6.07. The Hall–Kier alpha value is -2.95. The number of hydrogen-bond acceptors (Lipinski definition) is 6. The molecule has 6 rings (SSSR count). The molecule has 0 aromatic heterocycles. The van der Waals surface area contributed by atoms with Gasteiger partial charge in [0.2, 0.25) is 5.91 Å². The van der Waals surface area contributed by atoms with E-state index in [1.54, 1.807) is 12.1 Å². The topological polar surface area (TPSA) is 90.5 Å². The molecule has 0 saturated carbocycles. The molecule has 4 aliphatic heterocycles. The largest absolute Gasteiger partial charge is 0.378 e. The molecule has 10 heteroatoms. The van der Waals surface area contributed by atoms with Crippen LogP contribution in [-0.4, -0.2) is 112 Å². The number of carbonyl (C=O) groups is 2. The molecule has 4 heterocycles. The summed E-state index contributed by atoms with van der Waals surface area (Å²) in [4.78, 5) is 35.7. The van der Waals surface area contributed by atoms with E-state index in [2.05, 4.69) is 29.2 Å². The highest BCUT2D eigenvalue weighted by Crippen LogP contribution is 2.43. The number of benzene rings is 2. The van der Waals surface area contributed by atoms with Crippen molar-refractivity contribution in [3.05, 3.63) is 65.7 Å². The van der Waals surface area contributed by atoms with Crippen molar-refractivity contribution in [2.75, 3.05) is 71.8 Å². The maximum absolute atomic E-state index is 13.6. The van der Waals surface area contributed by atoms with Gasteiger partial charge in [-0.15, -0.1) is 0 Å². The predicted molar refractivity (Wildman–Crippen MR) is 160 cm³/mol. The Bertz CT molecular complexity index is 1370. The molecule has 2 atom stereocenters. The highest BCUT2D eigenvalue weighted by molar-refractivity contribution is 7.90. The van der Waals surface area contributed by atoms with Gasteiger partial charge in [0.05, 0.1) is 23.5 Å². The minimum Gasteiger partial charge on any atom is -0.378 e. The lowest BCUT2D eigenvalue weighted by Gasteiger charge is -2.39. The fourth-order valence-electron chi connectivity index (χ4n) is 7.31. The van der Waals surface area contributed by atoms with E-state index in [1.165, 1.54) is 11.8 Å². The van der Waals surface area contributed by atoms with Crippen molar-refractivity contribution >= 4 is 21.8 Å².